The zero-order valence-corrected chi connectivity index (χ0v) is 70.8. The largest absolute Gasteiger partial charge is 0.310 e. The van der Waals surface area contributed by atoms with Gasteiger partial charge in [0.25, 0.3) is 0 Å². The Labute approximate surface area is 740 Å². The Morgan fingerprint density at radius 3 is 0.728 bits per heavy atom. The molecule has 125 heavy (non-hydrogen) atoms. The molecule has 0 spiro atoms. The highest BCUT2D eigenvalue weighted by Gasteiger charge is 2.25. The summed E-state index contributed by atoms with van der Waals surface area (Å²) in [6.45, 7) is 0. The lowest BCUT2D eigenvalue weighted by Crippen LogP contribution is -2.10. The van der Waals surface area contributed by atoms with Crippen molar-refractivity contribution in [1.82, 2.24) is 0 Å². The first-order valence-electron chi connectivity index (χ1n) is 42.6. The Balaban J connectivity index is 0.000000159. The van der Waals surface area contributed by atoms with Crippen LogP contribution < -0.4 is 9.80 Å². The smallest absolute Gasteiger partial charge is 0.0468 e. The van der Waals surface area contributed by atoms with Gasteiger partial charge in [-0.1, -0.05) is 340 Å². The van der Waals surface area contributed by atoms with Gasteiger partial charge in [0.1, 0.15) is 0 Å². The van der Waals surface area contributed by atoms with Crippen LogP contribution in [0.1, 0.15) is 0 Å². The van der Waals surface area contributed by atoms with Crippen molar-refractivity contribution >= 4 is 133 Å². The van der Waals surface area contributed by atoms with Crippen LogP contribution in [0.4, 0.5) is 34.1 Å². The van der Waals surface area contributed by atoms with E-state index in [0.29, 0.717) is 0 Å². The highest BCUT2D eigenvalue weighted by Crippen LogP contribution is 2.52. The molecule has 23 aromatic rings. The third-order valence-corrected chi connectivity index (χ3v) is 27.7. The molecule has 2 nitrogen and oxygen atoms in total. The van der Waals surface area contributed by atoms with E-state index in [1.807, 2.05) is 34.0 Å². The van der Waals surface area contributed by atoms with E-state index in [0.717, 1.165) is 34.1 Å². The number of para-hydroxylation sites is 4. The van der Waals surface area contributed by atoms with Crippen molar-refractivity contribution in [3.8, 4) is 118 Å². The zero-order valence-electron chi connectivity index (χ0n) is 68.3. The minimum absolute atomic E-state index is 1.08. The molecule has 0 radical (unpaired) electrons. The fraction of sp³-hybridized carbons (Fsp3) is 0. The summed E-state index contributed by atoms with van der Waals surface area (Å²) in [6.07, 6.45) is 0. The Morgan fingerprint density at radius 2 is 0.360 bits per heavy atom. The molecule has 0 unspecified atom stereocenters. The average molecular weight is 1650 g/mol. The van der Waals surface area contributed by atoms with Crippen molar-refractivity contribution in [1.29, 1.82) is 0 Å². The fourth-order valence-electron chi connectivity index (χ4n) is 18.2. The van der Waals surface area contributed by atoms with Gasteiger partial charge >= 0.3 is 0 Å². The number of nitrogens with zero attached hydrogens (tertiary/aromatic N) is 2. The predicted octanol–water partition coefficient (Wildman–Crippen LogP) is 35.8. The molecule has 0 saturated carbocycles. The number of thiophene rings is 3. The summed E-state index contributed by atoms with van der Waals surface area (Å²) in [4.78, 5) is 12.3. The second-order valence-electron chi connectivity index (χ2n) is 31.7. The van der Waals surface area contributed by atoms with Crippen molar-refractivity contribution in [3.05, 3.63) is 485 Å². The maximum Gasteiger partial charge on any atom is 0.0468 e. The molecule has 0 atom stereocenters. The maximum atomic E-state index is 2.43. The molecule has 23 rings (SSSR count). The van der Waals surface area contributed by atoms with Crippen LogP contribution in [0.3, 0.4) is 0 Å². The molecule has 0 amide bonds. The minimum atomic E-state index is 1.08. The van der Waals surface area contributed by atoms with Gasteiger partial charge in [-0.25, -0.2) is 0 Å². The molecule has 3 aromatic heterocycles. The van der Waals surface area contributed by atoms with Gasteiger partial charge in [0, 0.05) is 63.4 Å². The predicted molar refractivity (Wildman–Crippen MR) is 541 cm³/mol. The van der Waals surface area contributed by atoms with Crippen molar-refractivity contribution in [2.45, 2.75) is 0 Å². The number of hydrogen-bond donors (Lipinski definition) is 0. The summed E-state index contributed by atoms with van der Waals surface area (Å²) in [7, 11) is 0. The standard InChI is InChI=1S/C70H48N2S2.C50H32S/c1-7-21-49(22-8-1)65-41-43-67(73-65)51-25-19-27-53(45-51)69-61-39-37-60(72(57-33-15-5-16-34-57)58-35-17-6-18-36-58)48-64(61)70(54-28-20-26-52(46-54)68-44-42-66(74-68)50-23-9-2-10-24-50)62-40-38-59(47-63(62)69)71(55-29-11-3-12-30-55)56-31-13-4-14-32-56;1-2-13-35(14-3-1)47-27-28-48(51-47)40-18-10-17-38(29-40)39-25-26-45-46(32-39)50(42-24-22-34-12-5-7-16-37(34)31-42)44-20-9-8-19-43(44)49(45)41-23-21-33-11-4-6-15-36(33)30-41/h1-48H;1-32H. The van der Waals surface area contributed by atoms with E-state index in [-0.39, 0.29) is 0 Å². The molecular weight excluding hydrogens is 1570 g/mol. The second-order valence-corrected chi connectivity index (χ2v) is 35.0. The summed E-state index contributed by atoms with van der Waals surface area (Å²) < 4.78 is 0. The Hall–Kier alpha value is -15.3. The molecule has 3 heterocycles. The molecule has 5 heteroatoms. The van der Waals surface area contributed by atoms with Crippen LogP contribution in [0.2, 0.25) is 0 Å². The molecule has 0 bridgehead atoms. The van der Waals surface area contributed by atoms with Crippen LogP contribution in [-0.4, -0.2) is 0 Å². The van der Waals surface area contributed by atoms with Crippen LogP contribution in [0.15, 0.2) is 485 Å². The first-order chi connectivity index (χ1) is 62.0. The van der Waals surface area contributed by atoms with Crippen LogP contribution in [0.25, 0.3) is 183 Å². The molecule has 0 saturated heterocycles. The highest BCUT2D eigenvalue weighted by molar-refractivity contribution is 7.19. The topological polar surface area (TPSA) is 6.48 Å². The van der Waals surface area contributed by atoms with Crippen LogP contribution >= 0.6 is 34.0 Å². The van der Waals surface area contributed by atoms with Crippen molar-refractivity contribution in [2.24, 2.45) is 0 Å². The van der Waals surface area contributed by atoms with E-state index < -0.39 is 0 Å². The van der Waals surface area contributed by atoms with Gasteiger partial charge in [-0.05, 0) is 299 Å². The molecule has 0 aliphatic carbocycles. The molecule has 0 N–H and O–H groups in total. The number of benzene rings is 20. The summed E-state index contributed by atoms with van der Waals surface area (Å²) in [5, 5.41) is 14.8. The minimum Gasteiger partial charge on any atom is -0.310 e. The molecule has 588 valence electrons. The van der Waals surface area contributed by atoms with Gasteiger partial charge in [0.05, 0.1) is 0 Å². The fourth-order valence-corrected chi connectivity index (χ4v) is 21.3. The Bertz CT molecular complexity index is 7550. The normalized spacial score (nSPS) is 11.4. The lowest BCUT2D eigenvalue weighted by atomic mass is 9.84. The summed E-state index contributed by atoms with van der Waals surface area (Å²) in [6, 6.07) is 177. The number of fused-ring (bicyclic) bond motifs is 6. The van der Waals surface area contributed by atoms with E-state index in [1.165, 1.54) is 183 Å². The van der Waals surface area contributed by atoms with Gasteiger partial charge in [-0.15, -0.1) is 34.0 Å². The quantitative estimate of drug-likeness (QED) is 0.0839. The van der Waals surface area contributed by atoms with Crippen LogP contribution in [0.5, 0.6) is 0 Å². The third kappa shape index (κ3) is 14.9. The van der Waals surface area contributed by atoms with Gasteiger partial charge in [0.2, 0.25) is 0 Å². The molecule has 20 aromatic carbocycles. The Morgan fingerprint density at radius 1 is 0.120 bits per heavy atom. The van der Waals surface area contributed by atoms with E-state index in [2.05, 4.69) is 495 Å². The lowest BCUT2D eigenvalue weighted by Gasteiger charge is -2.28. The monoisotopic (exact) mass is 1640 g/mol. The second kappa shape index (κ2) is 33.6. The number of hydrogen-bond acceptors (Lipinski definition) is 5. The van der Waals surface area contributed by atoms with E-state index in [4.69, 9.17) is 0 Å². The van der Waals surface area contributed by atoms with Gasteiger partial charge in [-0.3, -0.25) is 0 Å². The first kappa shape index (κ1) is 75.8. The van der Waals surface area contributed by atoms with Gasteiger partial charge in [-0.2, -0.15) is 0 Å². The first-order valence-corrected chi connectivity index (χ1v) is 45.0. The summed E-state index contributed by atoms with van der Waals surface area (Å²) >= 11 is 5.53. The highest BCUT2D eigenvalue weighted by atomic mass is 32.1. The zero-order chi connectivity index (χ0) is 82.9. The van der Waals surface area contributed by atoms with Crippen molar-refractivity contribution < 1.29 is 0 Å². The third-order valence-electron chi connectivity index (χ3n) is 24.1. The van der Waals surface area contributed by atoms with Gasteiger partial charge in [0.15, 0.2) is 0 Å². The van der Waals surface area contributed by atoms with Crippen molar-refractivity contribution in [2.75, 3.05) is 9.80 Å². The summed E-state index contributed by atoms with van der Waals surface area (Å²) in [5.74, 6) is 0. The van der Waals surface area contributed by atoms with Crippen LogP contribution in [0, 0.1) is 0 Å². The van der Waals surface area contributed by atoms with Crippen molar-refractivity contribution in [3.63, 3.8) is 0 Å². The van der Waals surface area contributed by atoms with E-state index in [1.54, 1.807) is 0 Å². The van der Waals surface area contributed by atoms with Crippen LogP contribution in [-0.2, 0) is 0 Å². The molecule has 0 aliphatic heterocycles. The number of rotatable bonds is 17. The van der Waals surface area contributed by atoms with E-state index >= 15 is 0 Å². The lowest BCUT2D eigenvalue weighted by molar-refractivity contribution is 1.29. The average Bonchev–Trinajstić information content (AvgIpc) is 1.48. The van der Waals surface area contributed by atoms with Gasteiger partial charge < -0.3 is 9.80 Å². The van der Waals surface area contributed by atoms with E-state index in [9.17, 15) is 0 Å². The summed E-state index contributed by atoms with van der Waals surface area (Å²) in [5.41, 5.74) is 26.1. The SMILES string of the molecule is c1ccc(-c2ccc(-c3cccc(-c4c5ccc(N(c6ccccc6)c6ccccc6)cc5c(-c5cccc(-c6ccc(-c7ccccc7)s6)c5)c5ccc(N(c6ccccc6)c6ccccc6)cc45)c3)s2)cc1.c1ccc(-c2ccc(-c3cccc(-c4ccc5c(-c6ccc7ccccc7c6)c6ccccc6c(-c6ccc7ccccc7c6)c5c4)c3)s2)cc1. The molecular formula is C120H80N2S3. The molecule has 0 fully saturated rings. The number of anilines is 6. The molecule has 0 aliphatic rings. The Kier molecular flexibility index (Phi) is 20.4. The maximum absolute atomic E-state index is 2.43.